The fraction of sp³-hybridized carbons (Fsp3) is 0.500. The van der Waals surface area contributed by atoms with Crippen molar-refractivity contribution in [2.24, 2.45) is 4.99 Å². The van der Waals surface area contributed by atoms with Gasteiger partial charge in [-0.05, 0) is 13.0 Å². The van der Waals surface area contributed by atoms with Crippen molar-refractivity contribution in [3.05, 3.63) is 12.2 Å². The third kappa shape index (κ3) is 1.09. The van der Waals surface area contributed by atoms with E-state index in [9.17, 15) is 0 Å². The summed E-state index contributed by atoms with van der Waals surface area (Å²) in [7, 11) is 0. The van der Waals surface area contributed by atoms with Crippen molar-refractivity contribution in [1.29, 1.82) is 0 Å². The van der Waals surface area contributed by atoms with Crippen molar-refractivity contribution in [2.45, 2.75) is 6.92 Å². The van der Waals surface area contributed by atoms with Gasteiger partial charge in [-0.3, -0.25) is 0 Å². The highest BCUT2D eigenvalue weighted by atomic mass is 16.5. The highest BCUT2D eigenvalue weighted by molar-refractivity contribution is 5.88. The maximum Gasteiger partial charge on any atom is 0.208 e. The Morgan fingerprint density at radius 1 is 1.75 bits per heavy atom. The predicted molar refractivity (Wildman–Crippen MR) is 33.1 cm³/mol. The smallest absolute Gasteiger partial charge is 0.208 e. The molecule has 0 fully saturated rings. The molecule has 0 spiro atoms. The summed E-state index contributed by atoms with van der Waals surface area (Å²) in [5.74, 6) is 0.771. The molecule has 0 aromatic carbocycles. The highest BCUT2D eigenvalue weighted by Crippen LogP contribution is 1.93. The molecule has 0 aliphatic carbocycles. The summed E-state index contributed by atoms with van der Waals surface area (Å²) in [6.07, 6.45) is 3.79. The van der Waals surface area contributed by atoms with Crippen molar-refractivity contribution in [1.82, 2.24) is 0 Å². The van der Waals surface area contributed by atoms with Crippen LogP contribution in [0.5, 0.6) is 0 Å². The number of allylic oxidation sites excluding steroid dienone is 1. The van der Waals surface area contributed by atoms with E-state index in [0.717, 1.165) is 19.0 Å². The lowest BCUT2D eigenvalue weighted by Gasteiger charge is -1.89. The van der Waals surface area contributed by atoms with Gasteiger partial charge in [0.1, 0.15) is 6.61 Å². The van der Waals surface area contributed by atoms with Gasteiger partial charge in [0, 0.05) is 0 Å². The molecule has 0 bridgehead atoms. The Morgan fingerprint density at radius 3 is 3.12 bits per heavy atom. The van der Waals surface area contributed by atoms with Crippen molar-refractivity contribution in [3.63, 3.8) is 0 Å². The van der Waals surface area contributed by atoms with Crippen molar-refractivity contribution in [2.75, 3.05) is 13.2 Å². The Morgan fingerprint density at radius 2 is 2.62 bits per heavy atom. The second-order valence-electron chi connectivity index (χ2n) is 1.57. The second-order valence-corrected chi connectivity index (χ2v) is 1.57. The lowest BCUT2D eigenvalue weighted by Crippen LogP contribution is -1.92. The lowest BCUT2D eigenvalue weighted by atomic mass is 10.5. The molecule has 0 saturated carbocycles. The van der Waals surface area contributed by atoms with Gasteiger partial charge in [0.15, 0.2) is 0 Å². The monoisotopic (exact) mass is 111 g/mol. The molecular formula is C6H9NO. The molecule has 0 atom stereocenters. The van der Waals surface area contributed by atoms with Crippen LogP contribution in [-0.4, -0.2) is 19.0 Å². The van der Waals surface area contributed by atoms with E-state index in [0.29, 0.717) is 0 Å². The molecule has 8 heavy (non-hydrogen) atoms. The Labute approximate surface area is 48.9 Å². The van der Waals surface area contributed by atoms with Crippen LogP contribution >= 0.6 is 0 Å². The average Bonchev–Trinajstić information content (AvgIpc) is 2.19. The maximum atomic E-state index is 5.06. The van der Waals surface area contributed by atoms with Gasteiger partial charge in [-0.1, -0.05) is 6.08 Å². The zero-order valence-corrected chi connectivity index (χ0v) is 4.92. The third-order valence-corrected chi connectivity index (χ3v) is 0.918. The predicted octanol–water partition coefficient (Wildman–Crippen LogP) is 0.991. The van der Waals surface area contributed by atoms with Crippen LogP contribution in [0.1, 0.15) is 6.92 Å². The first-order valence-corrected chi connectivity index (χ1v) is 2.73. The largest absolute Gasteiger partial charge is 0.476 e. The van der Waals surface area contributed by atoms with E-state index < -0.39 is 0 Å². The molecule has 0 unspecified atom stereocenters. The van der Waals surface area contributed by atoms with Gasteiger partial charge in [-0.2, -0.15) is 0 Å². The van der Waals surface area contributed by atoms with Crippen LogP contribution in [0.4, 0.5) is 0 Å². The standard InChI is InChI=1S/C6H9NO/c1-2-3-6-7-4-5-8-6/h2-3H,4-5H2,1H3/b3-2-. The number of hydrogen-bond acceptors (Lipinski definition) is 2. The van der Waals surface area contributed by atoms with Crippen LogP contribution in [0.2, 0.25) is 0 Å². The van der Waals surface area contributed by atoms with E-state index >= 15 is 0 Å². The highest BCUT2D eigenvalue weighted by Gasteiger charge is 1.99. The molecule has 0 aromatic rings. The van der Waals surface area contributed by atoms with E-state index in [4.69, 9.17) is 4.74 Å². The first kappa shape index (κ1) is 5.35. The normalized spacial score (nSPS) is 18.9. The van der Waals surface area contributed by atoms with E-state index in [-0.39, 0.29) is 0 Å². The molecule has 0 amide bonds. The maximum absolute atomic E-state index is 5.06. The first-order valence-electron chi connectivity index (χ1n) is 2.73. The Kier molecular flexibility index (Phi) is 1.67. The minimum Gasteiger partial charge on any atom is -0.476 e. The van der Waals surface area contributed by atoms with E-state index in [1.165, 1.54) is 0 Å². The van der Waals surface area contributed by atoms with Gasteiger partial charge in [0.05, 0.1) is 6.54 Å². The first-order chi connectivity index (χ1) is 3.93. The van der Waals surface area contributed by atoms with Gasteiger partial charge in [0.25, 0.3) is 0 Å². The quantitative estimate of drug-likeness (QED) is 0.494. The summed E-state index contributed by atoms with van der Waals surface area (Å²) in [6.45, 7) is 3.52. The van der Waals surface area contributed by atoms with Crippen LogP contribution in [-0.2, 0) is 4.74 Å². The Hall–Kier alpha value is -0.790. The van der Waals surface area contributed by atoms with Gasteiger partial charge < -0.3 is 4.74 Å². The molecule has 1 aliphatic heterocycles. The number of nitrogens with zero attached hydrogens (tertiary/aromatic N) is 1. The number of ether oxygens (including phenoxy) is 1. The fourth-order valence-electron chi connectivity index (χ4n) is 0.595. The summed E-state index contributed by atoms with van der Waals surface area (Å²) in [5, 5.41) is 0. The van der Waals surface area contributed by atoms with Crippen LogP contribution < -0.4 is 0 Å². The summed E-state index contributed by atoms with van der Waals surface area (Å²) >= 11 is 0. The number of hydrogen-bond donors (Lipinski definition) is 0. The molecule has 1 rings (SSSR count). The van der Waals surface area contributed by atoms with Crippen molar-refractivity contribution < 1.29 is 4.74 Å². The summed E-state index contributed by atoms with van der Waals surface area (Å²) in [5.41, 5.74) is 0. The molecule has 0 radical (unpaired) electrons. The second kappa shape index (κ2) is 2.50. The molecular weight excluding hydrogens is 102 g/mol. The number of rotatable bonds is 1. The minimum absolute atomic E-state index is 0.750. The molecule has 0 N–H and O–H groups in total. The van der Waals surface area contributed by atoms with Crippen LogP contribution in [0.3, 0.4) is 0 Å². The fourth-order valence-corrected chi connectivity index (χ4v) is 0.595. The summed E-state index contributed by atoms with van der Waals surface area (Å²) < 4.78 is 5.06. The summed E-state index contributed by atoms with van der Waals surface area (Å²) in [6, 6.07) is 0. The third-order valence-electron chi connectivity index (χ3n) is 0.918. The van der Waals surface area contributed by atoms with Crippen molar-refractivity contribution in [3.8, 4) is 0 Å². The molecule has 2 nitrogen and oxygen atoms in total. The van der Waals surface area contributed by atoms with Crippen LogP contribution in [0, 0.1) is 0 Å². The van der Waals surface area contributed by atoms with Gasteiger partial charge >= 0.3 is 0 Å². The average molecular weight is 111 g/mol. The number of aliphatic imine (C=N–C) groups is 1. The van der Waals surface area contributed by atoms with Gasteiger partial charge in [-0.25, -0.2) is 4.99 Å². The zero-order valence-electron chi connectivity index (χ0n) is 4.92. The molecule has 1 heterocycles. The molecule has 2 heteroatoms. The topological polar surface area (TPSA) is 21.6 Å². The molecule has 0 saturated heterocycles. The minimum atomic E-state index is 0.750. The molecule has 0 aromatic heterocycles. The molecule has 1 aliphatic rings. The van der Waals surface area contributed by atoms with E-state index in [2.05, 4.69) is 4.99 Å². The van der Waals surface area contributed by atoms with Gasteiger partial charge in [0.2, 0.25) is 5.90 Å². The van der Waals surface area contributed by atoms with Crippen LogP contribution in [0.25, 0.3) is 0 Å². The zero-order chi connectivity index (χ0) is 5.82. The van der Waals surface area contributed by atoms with E-state index in [1.807, 2.05) is 19.1 Å². The molecule has 44 valence electrons. The SMILES string of the molecule is C/C=C\C1=NCCO1. The van der Waals surface area contributed by atoms with Gasteiger partial charge in [-0.15, -0.1) is 0 Å². The summed E-state index contributed by atoms with van der Waals surface area (Å²) in [4.78, 5) is 4.03. The van der Waals surface area contributed by atoms with Crippen molar-refractivity contribution >= 4 is 5.90 Å². The lowest BCUT2D eigenvalue weighted by molar-refractivity contribution is 0.350. The van der Waals surface area contributed by atoms with Crippen LogP contribution in [0.15, 0.2) is 17.1 Å². The Balaban J connectivity index is 2.45. The van der Waals surface area contributed by atoms with E-state index in [1.54, 1.807) is 0 Å². The Bertz CT molecular complexity index is 126.